The Hall–Kier alpha value is -1.88. The maximum absolute atomic E-state index is 13.1. The van der Waals surface area contributed by atoms with Crippen LogP contribution in [0, 0.1) is 11.8 Å². The summed E-state index contributed by atoms with van der Waals surface area (Å²) in [6.07, 6.45) is 6.90. The maximum atomic E-state index is 13.1. The van der Waals surface area contributed by atoms with E-state index in [1.807, 2.05) is 6.92 Å². The van der Waals surface area contributed by atoms with Crippen molar-refractivity contribution in [2.45, 2.75) is 57.9 Å². The zero-order chi connectivity index (χ0) is 18.7. The number of nitrogens with zero attached hydrogens (tertiary/aromatic N) is 1. The van der Waals surface area contributed by atoms with Gasteiger partial charge in [0.25, 0.3) is 0 Å². The molecular weight excluding hydrogens is 352 g/mol. The number of nitrogens with one attached hydrogen (secondary N) is 1. The van der Waals surface area contributed by atoms with Crippen LogP contribution in [0.2, 0.25) is 5.02 Å². The topological polar surface area (TPSA) is 78.8 Å². The van der Waals surface area contributed by atoms with Gasteiger partial charge in [0.05, 0.1) is 17.0 Å². The molecular formula is C20H25ClN2O3. The number of halogens is 1. The molecule has 1 aliphatic carbocycles. The lowest BCUT2D eigenvalue weighted by Crippen LogP contribution is -2.44. The average molecular weight is 377 g/mol. The quantitative estimate of drug-likeness (QED) is 0.747. The van der Waals surface area contributed by atoms with Crippen molar-refractivity contribution in [3.8, 4) is 5.75 Å². The molecule has 26 heavy (non-hydrogen) atoms. The lowest BCUT2D eigenvalue weighted by Gasteiger charge is -2.31. The van der Waals surface area contributed by atoms with Gasteiger partial charge in [0.15, 0.2) is 0 Å². The minimum atomic E-state index is -0.496. The first-order valence-electron chi connectivity index (χ1n) is 9.38. The first-order chi connectivity index (χ1) is 12.5. The molecule has 1 aromatic rings. The van der Waals surface area contributed by atoms with Crippen LogP contribution in [0.4, 0.5) is 4.79 Å². The number of ketones is 1. The van der Waals surface area contributed by atoms with Crippen molar-refractivity contribution in [1.29, 1.82) is 0 Å². The second-order valence-corrected chi connectivity index (χ2v) is 7.64. The minimum Gasteiger partial charge on any atom is -0.506 e. The second-order valence-electron chi connectivity index (χ2n) is 7.23. The fourth-order valence-corrected chi connectivity index (χ4v) is 4.29. The third-order valence-electron chi connectivity index (χ3n) is 5.53. The number of aromatic hydroxyl groups is 1. The van der Waals surface area contributed by atoms with E-state index in [1.165, 1.54) is 31.7 Å². The van der Waals surface area contributed by atoms with Crippen molar-refractivity contribution in [2.24, 2.45) is 16.8 Å². The minimum absolute atomic E-state index is 0.0222. The van der Waals surface area contributed by atoms with Crippen LogP contribution in [0.3, 0.4) is 0 Å². The number of phenolic OH excluding ortho intramolecular Hbond substituents is 1. The van der Waals surface area contributed by atoms with Gasteiger partial charge in [-0.15, -0.1) is 0 Å². The monoisotopic (exact) mass is 376 g/mol. The van der Waals surface area contributed by atoms with E-state index in [-0.39, 0.29) is 16.6 Å². The number of hydrogen-bond acceptors (Lipinski definition) is 3. The van der Waals surface area contributed by atoms with Crippen molar-refractivity contribution < 1.29 is 14.7 Å². The summed E-state index contributed by atoms with van der Waals surface area (Å²) in [7, 11) is 0. The highest BCUT2D eigenvalue weighted by Gasteiger charge is 2.37. The summed E-state index contributed by atoms with van der Waals surface area (Å²) in [6.45, 7) is 1.91. The number of Topliss-reactive ketones (excluding diaryl/α,β-unsaturated/α-hetero) is 1. The van der Waals surface area contributed by atoms with Crippen LogP contribution in [0.1, 0.15) is 63.5 Å². The van der Waals surface area contributed by atoms with Crippen LogP contribution < -0.4 is 5.32 Å². The molecule has 2 unspecified atom stereocenters. The molecule has 1 fully saturated rings. The lowest BCUT2D eigenvalue weighted by molar-refractivity contribution is -0.122. The van der Waals surface area contributed by atoms with Crippen LogP contribution in [0.5, 0.6) is 5.75 Å². The highest BCUT2D eigenvalue weighted by molar-refractivity contribution is 6.32. The summed E-state index contributed by atoms with van der Waals surface area (Å²) >= 11 is 6.04. The predicted molar refractivity (Wildman–Crippen MR) is 102 cm³/mol. The van der Waals surface area contributed by atoms with Crippen molar-refractivity contribution in [3.63, 3.8) is 0 Å². The molecule has 140 valence electrons. The normalized spacial score (nSPS) is 23.6. The van der Waals surface area contributed by atoms with Crippen LogP contribution in [-0.2, 0) is 4.79 Å². The van der Waals surface area contributed by atoms with Gasteiger partial charge in [-0.1, -0.05) is 50.3 Å². The Labute approximate surface area is 158 Å². The van der Waals surface area contributed by atoms with Gasteiger partial charge in [0, 0.05) is 12.1 Å². The number of benzene rings is 1. The van der Waals surface area contributed by atoms with E-state index in [9.17, 15) is 14.7 Å². The number of carbonyl (C=O) groups is 2. The zero-order valence-electron chi connectivity index (χ0n) is 15.0. The number of hydrogen-bond donors (Lipinski definition) is 2. The summed E-state index contributed by atoms with van der Waals surface area (Å²) < 4.78 is 0. The fraction of sp³-hybridized carbons (Fsp3) is 0.550. The second kappa shape index (κ2) is 8.21. The Morgan fingerprint density at radius 3 is 2.73 bits per heavy atom. The molecule has 0 radical (unpaired) electrons. The van der Waals surface area contributed by atoms with Gasteiger partial charge in [0.2, 0.25) is 0 Å². The Bertz CT molecular complexity index is 726. The van der Waals surface area contributed by atoms with Crippen LogP contribution >= 0.6 is 11.6 Å². The third kappa shape index (κ3) is 4.09. The summed E-state index contributed by atoms with van der Waals surface area (Å²) in [6, 6.07) is 3.86. The lowest BCUT2D eigenvalue weighted by atomic mass is 9.81. The predicted octanol–water partition coefficient (Wildman–Crippen LogP) is 4.82. The van der Waals surface area contributed by atoms with E-state index < -0.39 is 18.0 Å². The molecule has 2 aliphatic rings. The molecule has 2 N–H and O–H groups in total. The number of amides is 2. The molecule has 0 saturated heterocycles. The molecule has 1 heterocycles. The summed E-state index contributed by atoms with van der Waals surface area (Å²) in [5.41, 5.74) is 1.33. The molecule has 0 bridgehead atoms. The molecule has 5 nitrogen and oxygen atoms in total. The first kappa shape index (κ1) is 18.9. The van der Waals surface area contributed by atoms with E-state index in [4.69, 9.17) is 11.6 Å². The molecule has 1 aromatic carbocycles. The standard InChI is InChI=1S/C20H25ClN2O3/c1-2-15-18(17(25)9-7-12-5-3-4-6-12)19(23-20(26)22-15)13-8-10-16(24)14(21)11-13/h8,10-12,18-19,24H,2-7,9H2,1H3,(H,23,26). The molecule has 0 aromatic heterocycles. The fourth-order valence-electron chi connectivity index (χ4n) is 4.10. The van der Waals surface area contributed by atoms with Crippen LogP contribution in [0.15, 0.2) is 23.2 Å². The Balaban J connectivity index is 1.84. The van der Waals surface area contributed by atoms with Crippen molar-refractivity contribution >= 4 is 29.1 Å². The summed E-state index contributed by atoms with van der Waals surface area (Å²) in [5, 5.41) is 12.7. The van der Waals surface area contributed by atoms with E-state index in [2.05, 4.69) is 10.3 Å². The van der Waals surface area contributed by atoms with E-state index in [0.717, 1.165) is 6.42 Å². The molecule has 6 heteroatoms. The molecule has 1 aliphatic heterocycles. The van der Waals surface area contributed by atoms with Gasteiger partial charge in [-0.3, -0.25) is 4.79 Å². The van der Waals surface area contributed by atoms with E-state index >= 15 is 0 Å². The van der Waals surface area contributed by atoms with Crippen LogP contribution in [0.25, 0.3) is 0 Å². The number of carbonyl (C=O) groups excluding carboxylic acids is 2. The van der Waals surface area contributed by atoms with E-state index in [0.29, 0.717) is 30.0 Å². The highest BCUT2D eigenvalue weighted by atomic mass is 35.5. The Morgan fingerprint density at radius 1 is 1.35 bits per heavy atom. The number of phenols is 1. The molecule has 0 spiro atoms. The Kier molecular flexibility index (Phi) is 5.97. The number of rotatable bonds is 6. The van der Waals surface area contributed by atoms with Crippen molar-refractivity contribution in [2.75, 3.05) is 0 Å². The van der Waals surface area contributed by atoms with Gasteiger partial charge in [-0.05, 0) is 36.5 Å². The molecule has 1 saturated carbocycles. The van der Waals surface area contributed by atoms with Gasteiger partial charge in [-0.25, -0.2) is 9.79 Å². The van der Waals surface area contributed by atoms with E-state index in [1.54, 1.807) is 12.1 Å². The average Bonchev–Trinajstić information content (AvgIpc) is 3.14. The van der Waals surface area contributed by atoms with Crippen molar-refractivity contribution in [3.05, 3.63) is 28.8 Å². The number of aliphatic imine (C=N–C) groups is 1. The van der Waals surface area contributed by atoms with Gasteiger partial charge in [-0.2, -0.15) is 0 Å². The molecule has 2 atom stereocenters. The number of urea groups is 1. The smallest absolute Gasteiger partial charge is 0.341 e. The van der Waals surface area contributed by atoms with Crippen molar-refractivity contribution in [1.82, 2.24) is 5.32 Å². The molecule has 2 amide bonds. The maximum Gasteiger partial charge on any atom is 0.341 e. The summed E-state index contributed by atoms with van der Waals surface area (Å²) in [5.74, 6) is 0.262. The van der Waals surface area contributed by atoms with Gasteiger partial charge >= 0.3 is 6.03 Å². The van der Waals surface area contributed by atoms with Gasteiger partial charge in [0.1, 0.15) is 11.5 Å². The first-order valence-corrected chi connectivity index (χ1v) is 9.76. The Morgan fingerprint density at radius 2 is 2.08 bits per heavy atom. The highest BCUT2D eigenvalue weighted by Crippen LogP contribution is 2.35. The third-order valence-corrected chi connectivity index (χ3v) is 5.83. The zero-order valence-corrected chi connectivity index (χ0v) is 15.8. The van der Waals surface area contributed by atoms with Crippen LogP contribution in [-0.4, -0.2) is 22.6 Å². The molecule has 3 rings (SSSR count). The summed E-state index contributed by atoms with van der Waals surface area (Å²) in [4.78, 5) is 29.1. The SMILES string of the molecule is CCC1=NC(=O)NC(c2ccc(O)c(Cl)c2)C1C(=O)CCC1CCCC1. The van der Waals surface area contributed by atoms with Gasteiger partial charge < -0.3 is 10.4 Å². The largest absolute Gasteiger partial charge is 0.506 e.